The van der Waals surface area contributed by atoms with Gasteiger partial charge in [-0.1, -0.05) is 12.1 Å². The minimum Gasteiger partial charge on any atom is -0.487 e. The Labute approximate surface area is 153 Å². The van der Waals surface area contributed by atoms with Gasteiger partial charge in [-0.25, -0.2) is 4.39 Å². The first-order valence-electron chi connectivity index (χ1n) is 7.74. The summed E-state index contributed by atoms with van der Waals surface area (Å²) in [5.41, 5.74) is 0.259. The van der Waals surface area contributed by atoms with E-state index in [1.165, 1.54) is 23.9 Å². The molecule has 134 valence electrons. The standard InChI is InChI=1S/C17H15FN4O3S/c1-3-25-15-10-11(8-9-14(15)22(23)24)26-17-20-19-16(21(17)2)12-6-4-5-7-13(12)18/h4-10H,3H2,1-2H3. The van der Waals surface area contributed by atoms with Crippen molar-refractivity contribution in [2.24, 2.45) is 7.05 Å². The molecule has 0 N–H and O–H groups in total. The zero-order chi connectivity index (χ0) is 18.7. The molecule has 0 aliphatic carbocycles. The van der Waals surface area contributed by atoms with Crippen molar-refractivity contribution in [1.82, 2.24) is 14.8 Å². The fourth-order valence-corrected chi connectivity index (χ4v) is 3.18. The fraction of sp³-hybridized carbons (Fsp3) is 0.176. The molecule has 0 saturated carbocycles. The Balaban J connectivity index is 1.92. The summed E-state index contributed by atoms with van der Waals surface area (Å²) < 4.78 is 21.0. The summed E-state index contributed by atoms with van der Waals surface area (Å²) in [5, 5.41) is 19.8. The van der Waals surface area contributed by atoms with Gasteiger partial charge in [0.2, 0.25) is 0 Å². The van der Waals surface area contributed by atoms with Crippen LogP contribution in [0.1, 0.15) is 6.92 Å². The Bertz CT molecular complexity index is 961. The average Bonchev–Trinajstić information content (AvgIpc) is 2.96. The number of halogens is 1. The van der Waals surface area contributed by atoms with Crippen LogP contribution in [0.4, 0.5) is 10.1 Å². The summed E-state index contributed by atoms with van der Waals surface area (Å²) in [6, 6.07) is 10.9. The van der Waals surface area contributed by atoms with Crippen molar-refractivity contribution in [3.8, 4) is 17.1 Å². The van der Waals surface area contributed by atoms with Crippen molar-refractivity contribution in [3.05, 3.63) is 58.4 Å². The molecule has 0 aliphatic heterocycles. The maximum atomic E-state index is 14.0. The Morgan fingerprint density at radius 1 is 1.27 bits per heavy atom. The van der Waals surface area contributed by atoms with Crippen molar-refractivity contribution >= 4 is 17.4 Å². The largest absolute Gasteiger partial charge is 0.487 e. The maximum absolute atomic E-state index is 14.0. The van der Waals surface area contributed by atoms with E-state index in [1.807, 2.05) is 0 Å². The Kier molecular flexibility index (Phi) is 5.17. The SMILES string of the molecule is CCOc1cc(Sc2nnc(-c3ccccc3F)n2C)ccc1[N+](=O)[O-]. The van der Waals surface area contributed by atoms with Crippen LogP contribution in [-0.4, -0.2) is 26.3 Å². The van der Waals surface area contributed by atoms with Crippen LogP contribution in [-0.2, 0) is 7.05 Å². The number of hydrogen-bond donors (Lipinski definition) is 0. The van der Waals surface area contributed by atoms with Crippen LogP contribution >= 0.6 is 11.8 Å². The molecule has 3 rings (SSSR count). The van der Waals surface area contributed by atoms with E-state index >= 15 is 0 Å². The molecule has 1 heterocycles. The van der Waals surface area contributed by atoms with Crippen molar-refractivity contribution in [1.29, 1.82) is 0 Å². The summed E-state index contributed by atoms with van der Waals surface area (Å²) in [7, 11) is 1.74. The first-order valence-corrected chi connectivity index (χ1v) is 8.56. The third kappa shape index (κ3) is 3.52. The van der Waals surface area contributed by atoms with Gasteiger partial charge in [0.1, 0.15) is 5.82 Å². The quantitative estimate of drug-likeness (QED) is 0.478. The lowest BCUT2D eigenvalue weighted by molar-refractivity contribution is -0.385. The molecule has 3 aromatic rings. The molecule has 0 unspecified atom stereocenters. The monoisotopic (exact) mass is 374 g/mol. The van der Waals surface area contributed by atoms with Crippen LogP contribution in [0.15, 0.2) is 52.5 Å². The van der Waals surface area contributed by atoms with Crippen LogP contribution in [0, 0.1) is 15.9 Å². The van der Waals surface area contributed by atoms with Crippen molar-refractivity contribution in [3.63, 3.8) is 0 Å². The number of nitrogens with zero attached hydrogens (tertiary/aromatic N) is 4. The highest BCUT2D eigenvalue weighted by molar-refractivity contribution is 7.99. The Hall–Kier alpha value is -2.94. The number of ether oxygens (including phenoxy) is 1. The van der Waals surface area contributed by atoms with Gasteiger partial charge in [0, 0.05) is 24.1 Å². The predicted molar refractivity (Wildman–Crippen MR) is 94.8 cm³/mol. The highest BCUT2D eigenvalue weighted by atomic mass is 32.2. The average molecular weight is 374 g/mol. The zero-order valence-corrected chi connectivity index (χ0v) is 14.9. The summed E-state index contributed by atoms with van der Waals surface area (Å²) in [4.78, 5) is 11.3. The van der Waals surface area contributed by atoms with E-state index in [1.54, 1.807) is 48.9 Å². The zero-order valence-electron chi connectivity index (χ0n) is 14.0. The van der Waals surface area contributed by atoms with Gasteiger partial charge in [0.15, 0.2) is 16.7 Å². The number of hydrogen-bond acceptors (Lipinski definition) is 6. The molecule has 2 aromatic carbocycles. The minimum atomic E-state index is -0.488. The molecule has 0 amide bonds. The summed E-state index contributed by atoms with van der Waals surface area (Å²) in [5.74, 6) is 0.213. The summed E-state index contributed by atoms with van der Waals surface area (Å²) in [6.45, 7) is 2.07. The number of aromatic nitrogens is 3. The lowest BCUT2D eigenvalue weighted by Crippen LogP contribution is -1.98. The van der Waals surface area contributed by atoms with E-state index in [4.69, 9.17) is 4.74 Å². The number of nitro benzene ring substituents is 1. The third-order valence-electron chi connectivity index (χ3n) is 3.59. The molecular formula is C17H15FN4O3S. The molecule has 0 spiro atoms. The Morgan fingerprint density at radius 3 is 2.73 bits per heavy atom. The first kappa shape index (κ1) is 17.9. The van der Waals surface area contributed by atoms with Crippen LogP contribution in [0.5, 0.6) is 5.75 Å². The number of benzene rings is 2. The molecule has 0 fully saturated rings. The smallest absolute Gasteiger partial charge is 0.310 e. The Morgan fingerprint density at radius 2 is 2.04 bits per heavy atom. The molecule has 26 heavy (non-hydrogen) atoms. The lowest BCUT2D eigenvalue weighted by atomic mass is 10.2. The molecule has 9 heteroatoms. The second-order valence-corrected chi connectivity index (χ2v) is 6.31. The molecule has 0 aliphatic rings. The number of rotatable bonds is 6. The van der Waals surface area contributed by atoms with Gasteiger partial charge in [0.05, 0.1) is 17.1 Å². The highest BCUT2D eigenvalue weighted by Gasteiger charge is 2.18. The van der Waals surface area contributed by atoms with Crippen molar-refractivity contribution in [2.45, 2.75) is 17.0 Å². The molecular weight excluding hydrogens is 359 g/mol. The molecule has 0 atom stereocenters. The van der Waals surface area contributed by atoms with Crippen molar-refractivity contribution in [2.75, 3.05) is 6.61 Å². The van der Waals surface area contributed by atoms with Crippen LogP contribution in [0.25, 0.3) is 11.4 Å². The van der Waals surface area contributed by atoms with E-state index in [9.17, 15) is 14.5 Å². The third-order valence-corrected chi connectivity index (χ3v) is 4.61. The van der Waals surface area contributed by atoms with Gasteiger partial charge >= 0.3 is 5.69 Å². The fourth-order valence-electron chi connectivity index (χ4n) is 2.37. The van der Waals surface area contributed by atoms with Crippen LogP contribution in [0.2, 0.25) is 0 Å². The van der Waals surface area contributed by atoms with Gasteiger partial charge < -0.3 is 9.30 Å². The molecule has 1 aromatic heterocycles. The second-order valence-electron chi connectivity index (χ2n) is 5.27. The van der Waals surface area contributed by atoms with E-state index in [0.717, 1.165) is 0 Å². The van der Waals surface area contributed by atoms with Gasteiger partial charge in [0.25, 0.3) is 0 Å². The first-order chi connectivity index (χ1) is 12.5. The minimum absolute atomic E-state index is 0.0961. The van der Waals surface area contributed by atoms with Crippen molar-refractivity contribution < 1.29 is 14.1 Å². The van der Waals surface area contributed by atoms with Gasteiger partial charge in [-0.2, -0.15) is 0 Å². The van der Waals surface area contributed by atoms with E-state index in [0.29, 0.717) is 28.0 Å². The van der Waals surface area contributed by atoms with Gasteiger partial charge in [-0.05, 0) is 36.9 Å². The molecule has 0 bridgehead atoms. The molecule has 7 nitrogen and oxygen atoms in total. The van der Waals surface area contributed by atoms with Gasteiger partial charge in [-0.15, -0.1) is 10.2 Å². The predicted octanol–water partition coefficient (Wildman–Crippen LogP) is 4.08. The summed E-state index contributed by atoms with van der Waals surface area (Å²) in [6.07, 6.45) is 0. The summed E-state index contributed by atoms with van der Waals surface area (Å²) >= 11 is 1.26. The second kappa shape index (κ2) is 7.52. The van der Waals surface area contributed by atoms with Gasteiger partial charge in [-0.3, -0.25) is 10.1 Å². The lowest BCUT2D eigenvalue weighted by Gasteiger charge is -2.07. The molecule has 0 saturated heterocycles. The molecule has 0 radical (unpaired) electrons. The van der Waals surface area contributed by atoms with E-state index in [-0.39, 0.29) is 17.3 Å². The van der Waals surface area contributed by atoms with E-state index < -0.39 is 4.92 Å². The van der Waals surface area contributed by atoms with Crippen LogP contribution < -0.4 is 4.74 Å². The number of nitro groups is 1. The topological polar surface area (TPSA) is 83.1 Å². The van der Waals surface area contributed by atoms with E-state index in [2.05, 4.69) is 10.2 Å². The normalized spacial score (nSPS) is 10.7. The van der Waals surface area contributed by atoms with Crippen LogP contribution in [0.3, 0.4) is 0 Å². The maximum Gasteiger partial charge on any atom is 0.310 e. The highest BCUT2D eigenvalue weighted by Crippen LogP contribution is 2.35.